The highest BCUT2D eigenvalue weighted by atomic mass is 16.2. The Labute approximate surface area is 69.1 Å². The molecule has 0 saturated carbocycles. The highest BCUT2D eigenvalue weighted by Gasteiger charge is 2.20. The van der Waals surface area contributed by atoms with E-state index in [9.17, 15) is 0 Å². The van der Waals surface area contributed by atoms with Gasteiger partial charge in [-0.05, 0) is 24.1 Å². The van der Waals surface area contributed by atoms with Gasteiger partial charge < -0.3 is 5.02 Å². The fourth-order valence-corrected chi connectivity index (χ4v) is 1.55. The minimum atomic E-state index is 0.251. The van der Waals surface area contributed by atoms with Crippen molar-refractivity contribution >= 4 is 7.48 Å². The summed E-state index contributed by atoms with van der Waals surface area (Å²) >= 11 is 0. The van der Waals surface area contributed by atoms with Gasteiger partial charge >= 0.3 is 0 Å². The average Bonchev–Trinajstić information content (AvgIpc) is 2.04. The van der Waals surface area contributed by atoms with Crippen molar-refractivity contribution in [3.05, 3.63) is 24.8 Å². The van der Waals surface area contributed by atoms with Crippen LogP contribution in [-0.2, 0) is 0 Å². The fourth-order valence-electron chi connectivity index (χ4n) is 1.55. The molecule has 1 aliphatic rings. The van der Waals surface area contributed by atoms with Crippen LogP contribution in [0.3, 0.4) is 0 Å². The van der Waals surface area contributed by atoms with Crippen LogP contribution in [0.4, 0.5) is 0 Å². The smallest absolute Gasteiger partial charge is 0.294 e. The molecule has 11 heavy (non-hydrogen) atoms. The van der Waals surface area contributed by atoms with E-state index in [0.29, 0.717) is 11.8 Å². The predicted octanol–water partition coefficient (Wildman–Crippen LogP) is 1.78. The topological polar surface area (TPSA) is 20.2 Å². The molecule has 0 fully saturated rings. The third-order valence-electron chi connectivity index (χ3n) is 2.35. The van der Waals surface area contributed by atoms with Crippen molar-refractivity contribution in [2.75, 3.05) is 0 Å². The molecular weight excluding hydrogens is 135 g/mol. The lowest BCUT2D eigenvalue weighted by Gasteiger charge is -2.25. The van der Waals surface area contributed by atoms with Crippen molar-refractivity contribution in [2.24, 2.45) is 11.8 Å². The Morgan fingerprint density at radius 2 is 2.36 bits per heavy atom. The maximum Gasteiger partial charge on any atom is 0.294 e. The lowest BCUT2D eigenvalue weighted by Crippen LogP contribution is -2.16. The van der Waals surface area contributed by atoms with Crippen molar-refractivity contribution in [1.82, 2.24) is 0 Å². The second-order valence-electron chi connectivity index (χ2n) is 3.22. The third kappa shape index (κ3) is 1.97. The zero-order chi connectivity index (χ0) is 8.27. The first-order valence-corrected chi connectivity index (χ1v) is 4.06. The Hall–Kier alpha value is -0.495. The molecular formula is C9H14BO. The Morgan fingerprint density at radius 1 is 1.64 bits per heavy atom. The summed E-state index contributed by atoms with van der Waals surface area (Å²) < 4.78 is 0. The standard InChI is InChI=1S/C9H14BO/c1-3-8-4-5-9(10-11)6-7(8)2/h3-5,7-9,11H,1,6H2,2H3. The van der Waals surface area contributed by atoms with Crippen molar-refractivity contribution in [2.45, 2.75) is 19.2 Å². The molecule has 3 atom stereocenters. The van der Waals surface area contributed by atoms with Crippen LogP contribution in [0.25, 0.3) is 0 Å². The Kier molecular flexibility index (Phi) is 2.95. The highest BCUT2D eigenvalue weighted by Crippen LogP contribution is 2.30. The fraction of sp³-hybridized carbons (Fsp3) is 0.556. The van der Waals surface area contributed by atoms with E-state index in [1.54, 1.807) is 0 Å². The van der Waals surface area contributed by atoms with Gasteiger partial charge in [0.2, 0.25) is 0 Å². The molecule has 0 aromatic rings. The third-order valence-corrected chi connectivity index (χ3v) is 2.35. The van der Waals surface area contributed by atoms with Crippen molar-refractivity contribution in [3.8, 4) is 0 Å². The Bertz CT molecular complexity index is 165. The average molecular weight is 149 g/mol. The second kappa shape index (κ2) is 3.77. The molecule has 1 radical (unpaired) electrons. The number of hydrogen-bond acceptors (Lipinski definition) is 1. The van der Waals surface area contributed by atoms with Gasteiger partial charge in [-0.15, -0.1) is 6.58 Å². The van der Waals surface area contributed by atoms with Gasteiger partial charge in [0.05, 0.1) is 0 Å². The zero-order valence-electron chi connectivity index (χ0n) is 6.90. The van der Waals surface area contributed by atoms with Gasteiger partial charge in [-0.25, -0.2) is 0 Å². The minimum Gasteiger partial charge on any atom is -0.454 e. The number of hydrogen-bond donors (Lipinski definition) is 1. The summed E-state index contributed by atoms with van der Waals surface area (Å²) in [6, 6.07) is 0. The van der Waals surface area contributed by atoms with Crippen LogP contribution in [-0.4, -0.2) is 12.5 Å². The number of rotatable bonds is 2. The molecule has 1 nitrogen and oxygen atoms in total. The summed E-state index contributed by atoms with van der Waals surface area (Å²) in [5.41, 5.74) is 0. The van der Waals surface area contributed by atoms with Crippen LogP contribution >= 0.6 is 0 Å². The summed E-state index contributed by atoms with van der Waals surface area (Å²) in [6.07, 6.45) is 7.17. The van der Waals surface area contributed by atoms with Gasteiger partial charge in [0.15, 0.2) is 0 Å². The largest absolute Gasteiger partial charge is 0.454 e. The van der Waals surface area contributed by atoms with E-state index in [4.69, 9.17) is 5.02 Å². The second-order valence-corrected chi connectivity index (χ2v) is 3.22. The SMILES string of the molecule is C=CC1C=CC([B]O)CC1C. The maximum atomic E-state index is 8.77. The normalized spacial score (nSPS) is 36.7. The van der Waals surface area contributed by atoms with Crippen molar-refractivity contribution in [1.29, 1.82) is 0 Å². The van der Waals surface area contributed by atoms with E-state index in [1.807, 2.05) is 12.2 Å². The zero-order valence-corrected chi connectivity index (χ0v) is 6.90. The van der Waals surface area contributed by atoms with Crippen LogP contribution in [0, 0.1) is 11.8 Å². The van der Waals surface area contributed by atoms with Crippen molar-refractivity contribution in [3.63, 3.8) is 0 Å². The van der Waals surface area contributed by atoms with Crippen LogP contribution in [0.15, 0.2) is 24.8 Å². The first-order chi connectivity index (χ1) is 5.27. The van der Waals surface area contributed by atoms with Gasteiger partial charge in [0.1, 0.15) is 0 Å². The molecule has 0 aromatic carbocycles. The van der Waals surface area contributed by atoms with Gasteiger partial charge in [-0.3, -0.25) is 0 Å². The quantitative estimate of drug-likeness (QED) is 0.468. The van der Waals surface area contributed by atoms with E-state index < -0.39 is 0 Å². The molecule has 1 aliphatic carbocycles. The van der Waals surface area contributed by atoms with Gasteiger partial charge in [-0.1, -0.05) is 25.2 Å². The molecule has 0 heterocycles. The lowest BCUT2D eigenvalue weighted by atomic mass is 9.68. The first-order valence-electron chi connectivity index (χ1n) is 4.06. The van der Waals surface area contributed by atoms with E-state index >= 15 is 0 Å². The van der Waals surface area contributed by atoms with Crippen LogP contribution in [0.2, 0.25) is 5.82 Å². The Balaban J connectivity index is 2.58. The summed E-state index contributed by atoms with van der Waals surface area (Å²) in [6.45, 7) is 5.95. The molecule has 0 saturated heterocycles. The van der Waals surface area contributed by atoms with Crippen LogP contribution < -0.4 is 0 Å². The lowest BCUT2D eigenvalue weighted by molar-refractivity contribution is 0.433. The maximum absolute atomic E-state index is 8.77. The van der Waals surface area contributed by atoms with Crippen molar-refractivity contribution < 1.29 is 5.02 Å². The minimum absolute atomic E-state index is 0.251. The van der Waals surface area contributed by atoms with Gasteiger partial charge in [0.25, 0.3) is 7.48 Å². The molecule has 59 valence electrons. The molecule has 1 rings (SSSR count). The van der Waals surface area contributed by atoms with Gasteiger partial charge in [-0.2, -0.15) is 0 Å². The first kappa shape index (κ1) is 8.60. The molecule has 1 N–H and O–H groups in total. The van der Waals surface area contributed by atoms with E-state index in [0.717, 1.165) is 6.42 Å². The van der Waals surface area contributed by atoms with Gasteiger partial charge in [0, 0.05) is 0 Å². The van der Waals surface area contributed by atoms with Crippen LogP contribution in [0.5, 0.6) is 0 Å². The molecule has 3 unspecified atom stereocenters. The Morgan fingerprint density at radius 3 is 2.82 bits per heavy atom. The van der Waals surface area contributed by atoms with E-state index in [2.05, 4.69) is 19.6 Å². The molecule has 0 amide bonds. The molecule has 0 bridgehead atoms. The van der Waals surface area contributed by atoms with E-state index in [-0.39, 0.29) is 5.82 Å². The summed E-state index contributed by atoms with van der Waals surface area (Å²) in [4.78, 5) is 0. The van der Waals surface area contributed by atoms with E-state index in [1.165, 1.54) is 7.48 Å². The van der Waals surface area contributed by atoms with Crippen LogP contribution in [0.1, 0.15) is 13.3 Å². The summed E-state index contributed by atoms with van der Waals surface area (Å²) in [5, 5.41) is 8.77. The molecule has 2 heteroatoms. The highest BCUT2D eigenvalue weighted by molar-refractivity contribution is 6.28. The molecule has 0 aromatic heterocycles. The monoisotopic (exact) mass is 149 g/mol. The molecule has 0 aliphatic heterocycles. The summed E-state index contributed by atoms with van der Waals surface area (Å²) in [7, 11) is 1.27. The summed E-state index contributed by atoms with van der Waals surface area (Å²) in [5.74, 6) is 1.35. The molecule has 0 spiro atoms. The number of allylic oxidation sites excluding steroid dienone is 3. The predicted molar refractivity (Wildman–Crippen MR) is 48.3 cm³/mol.